The number of aryl methyl sites for hydroxylation is 1. The molecule has 114 heavy (non-hydrogen) atoms. The summed E-state index contributed by atoms with van der Waals surface area (Å²) in [5.74, 6) is -1.27. The van der Waals surface area contributed by atoms with Gasteiger partial charge in [0.15, 0.2) is 0 Å². The van der Waals surface area contributed by atoms with E-state index in [1.54, 1.807) is 28.4 Å². The number of halogens is 4. The van der Waals surface area contributed by atoms with Crippen LogP contribution in [0.25, 0.3) is 16.0 Å². The summed E-state index contributed by atoms with van der Waals surface area (Å²) in [6.07, 6.45) is 7.07. The number of rotatable bonds is 33. The number of sulfonamides is 1. The number of hydrogen-bond acceptors (Lipinski definition) is 19. The number of anilines is 2. The van der Waals surface area contributed by atoms with Crippen molar-refractivity contribution in [3.8, 4) is 10.4 Å². The lowest BCUT2D eigenvalue weighted by Gasteiger charge is -2.42. The number of thiazole rings is 1. The molecule has 5 heterocycles. The fraction of sp³-hybridized carbons (Fsp3) is 0.524. The van der Waals surface area contributed by atoms with Gasteiger partial charge in [-0.2, -0.15) is 13.2 Å². The molecule has 0 saturated carbocycles. The number of thioether (sulfide) groups is 1. The van der Waals surface area contributed by atoms with Crippen LogP contribution in [0.1, 0.15) is 138 Å². The molecular formula is C84H110ClF3N12O10S4. The SMILES string of the molecule is Cc1ncsc1-c1ccc([C@H](C)NC(=O)[C@@H]2CCCN2C(=O)[C@@H](NC(=O)CCCCCC(=O)N2CCN(CCN(C)CC3(C)CCC(c4ccc(Cl)cc4)=C(CN4CCN(c5ccc(C(=O)NS(=O)(=O)c6ccc(N[C@H](CCN7CCOCC7)CSc7ccccc7)c(S(=O)(=O)C(F)(F)F)c6)cc5)CC4)C3)CC2)C(C)(C)C)cc1. The van der Waals surface area contributed by atoms with Gasteiger partial charge in [0.2, 0.25) is 23.6 Å². The van der Waals surface area contributed by atoms with Crippen molar-refractivity contribution in [1.29, 1.82) is 0 Å². The molecule has 5 atom stereocenters. The van der Waals surface area contributed by atoms with Crippen molar-refractivity contribution in [2.45, 2.75) is 157 Å². The molecule has 5 aliphatic rings. The molecule has 22 nitrogen and oxygen atoms in total. The molecular weight excluding hydrogens is 1560 g/mol. The summed E-state index contributed by atoms with van der Waals surface area (Å²) in [4.78, 5) is 88.3. The zero-order valence-electron chi connectivity index (χ0n) is 66.5. The van der Waals surface area contributed by atoms with E-state index in [9.17, 15) is 54.0 Å². The molecule has 0 spiro atoms. The van der Waals surface area contributed by atoms with Crippen molar-refractivity contribution < 1.29 is 58.7 Å². The van der Waals surface area contributed by atoms with Gasteiger partial charge >= 0.3 is 5.51 Å². The van der Waals surface area contributed by atoms with Gasteiger partial charge in [0.05, 0.1) is 45.9 Å². The number of likely N-dealkylation sites (N-methyl/N-ethyl adjacent to an activating group) is 1. The number of carbonyl (C=O) groups is 5. The third-order valence-electron chi connectivity index (χ3n) is 22.6. The minimum Gasteiger partial charge on any atom is -0.380 e. The number of allylic oxidation sites excluding steroid dienone is 1. The summed E-state index contributed by atoms with van der Waals surface area (Å²) in [7, 11) is -8.82. The smallest absolute Gasteiger partial charge is 0.380 e. The second-order valence-electron chi connectivity index (χ2n) is 32.3. The molecule has 6 aromatic rings. The summed E-state index contributed by atoms with van der Waals surface area (Å²) >= 11 is 9.44. The highest BCUT2D eigenvalue weighted by Crippen LogP contribution is 2.45. The zero-order valence-corrected chi connectivity index (χ0v) is 70.5. The Morgan fingerprint density at radius 1 is 0.772 bits per heavy atom. The van der Waals surface area contributed by atoms with Crippen molar-refractivity contribution in [3.63, 3.8) is 0 Å². The predicted octanol–water partition coefficient (Wildman–Crippen LogP) is 12.7. The number of piperazine rings is 2. The summed E-state index contributed by atoms with van der Waals surface area (Å²) in [6.45, 7) is 24.6. The Hall–Kier alpha value is -7.45. The number of hydrogen-bond donors (Lipinski definition) is 4. The van der Waals surface area contributed by atoms with Crippen LogP contribution in [-0.2, 0) is 43.8 Å². The highest BCUT2D eigenvalue weighted by atomic mass is 35.5. The van der Waals surface area contributed by atoms with Crippen LogP contribution >= 0.6 is 34.7 Å². The van der Waals surface area contributed by atoms with Gasteiger partial charge in [0.1, 0.15) is 17.0 Å². The molecule has 618 valence electrons. The fourth-order valence-electron chi connectivity index (χ4n) is 15.9. The molecule has 0 radical (unpaired) electrons. The number of aromatic nitrogens is 1. The van der Waals surface area contributed by atoms with Crippen molar-refractivity contribution in [1.82, 2.24) is 49.7 Å². The Bertz CT molecular complexity index is 4540. The van der Waals surface area contributed by atoms with E-state index < -0.39 is 70.3 Å². The van der Waals surface area contributed by atoms with E-state index in [-0.39, 0.29) is 47.1 Å². The van der Waals surface area contributed by atoms with Crippen molar-refractivity contribution in [2.75, 3.05) is 141 Å². The summed E-state index contributed by atoms with van der Waals surface area (Å²) in [6, 6.07) is 32.1. The van der Waals surface area contributed by atoms with Crippen LogP contribution in [-0.4, -0.2) is 235 Å². The molecule has 4 aliphatic heterocycles. The largest absolute Gasteiger partial charge is 0.501 e. The van der Waals surface area contributed by atoms with Crippen LogP contribution < -0.4 is 25.6 Å². The lowest BCUT2D eigenvalue weighted by atomic mass is 9.71. The number of alkyl halides is 3. The highest BCUT2D eigenvalue weighted by molar-refractivity contribution is 7.99. The number of amides is 5. The van der Waals surface area contributed by atoms with Gasteiger partial charge in [0, 0.05) is 151 Å². The second kappa shape index (κ2) is 39.2. The average Bonchev–Trinajstić information content (AvgIpc) is 0.924. The molecule has 1 aliphatic carbocycles. The maximum atomic E-state index is 14.4. The number of benzene rings is 5. The van der Waals surface area contributed by atoms with Gasteiger partial charge in [0.25, 0.3) is 25.8 Å². The minimum atomic E-state index is -6.11. The van der Waals surface area contributed by atoms with E-state index >= 15 is 0 Å². The Balaban J connectivity index is 0.607. The Morgan fingerprint density at radius 2 is 1.44 bits per heavy atom. The molecule has 0 bridgehead atoms. The third kappa shape index (κ3) is 23.5. The van der Waals surface area contributed by atoms with Crippen molar-refractivity contribution >= 4 is 101 Å². The Kier molecular flexibility index (Phi) is 30.1. The minimum absolute atomic E-state index is 0.00195. The lowest BCUT2D eigenvalue weighted by Crippen LogP contribution is -2.57. The van der Waals surface area contributed by atoms with Crippen molar-refractivity contribution in [2.24, 2.45) is 10.8 Å². The highest BCUT2D eigenvalue weighted by Gasteiger charge is 2.49. The molecule has 5 amide bonds. The summed E-state index contributed by atoms with van der Waals surface area (Å²) < 4.78 is 105. The van der Waals surface area contributed by atoms with Gasteiger partial charge in [-0.05, 0) is 172 Å². The molecule has 11 rings (SSSR count). The van der Waals surface area contributed by atoms with Crippen molar-refractivity contribution in [3.05, 3.63) is 160 Å². The number of sulfone groups is 1. The Morgan fingerprint density at radius 3 is 2.11 bits per heavy atom. The maximum absolute atomic E-state index is 14.4. The number of morpholine rings is 1. The molecule has 4 saturated heterocycles. The number of likely N-dealkylation sites (tertiary alicyclic amines) is 1. The predicted molar refractivity (Wildman–Crippen MR) is 445 cm³/mol. The normalized spacial score (nSPS) is 19.4. The van der Waals surface area contributed by atoms with Gasteiger partial charge in [-0.3, -0.25) is 38.7 Å². The first kappa shape index (κ1) is 87.4. The molecule has 30 heteroatoms. The van der Waals surface area contributed by atoms with E-state index in [2.05, 4.69) is 71.5 Å². The van der Waals surface area contributed by atoms with Gasteiger partial charge < -0.3 is 40.3 Å². The zero-order chi connectivity index (χ0) is 81.5. The summed E-state index contributed by atoms with van der Waals surface area (Å²) in [5, 5.41) is 9.86. The first-order chi connectivity index (χ1) is 54.3. The third-order valence-corrected chi connectivity index (χ3v) is 27.8. The molecule has 5 aromatic carbocycles. The van der Waals surface area contributed by atoms with Crippen LogP contribution in [0.5, 0.6) is 0 Å². The molecule has 4 N–H and O–H groups in total. The number of nitrogens with one attached hydrogen (secondary N) is 4. The lowest BCUT2D eigenvalue weighted by molar-refractivity contribution is -0.144. The van der Waals surface area contributed by atoms with Crippen LogP contribution in [0.3, 0.4) is 0 Å². The maximum Gasteiger partial charge on any atom is 0.501 e. The average molecular weight is 1670 g/mol. The van der Waals surface area contributed by atoms with E-state index in [0.717, 1.165) is 116 Å². The topological polar surface area (TPSA) is 247 Å². The molecule has 1 aromatic heterocycles. The monoisotopic (exact) mass is 1670 g/mol. The van der Waals surface area contributed by atoms with E-state index in [1.807, 2.05) is 116 Å². The van der Waals surface area contributed by atoms with E-state index in [1.165, 1.54) is 40.6 Å². The molecule has 1 unspecified atom stereocenters. The van der Waals surface area contributed by atoms with Crippen LogP contribution in [0.2, 0.25) is 5.02 Å². The van der Waals surface area contributed by atoms with Gasteiger partial charge in [-0.15, -0.1) is 23.1 Å². The quantitative estimate of drug-likeness (QED) is 0.0221. The van der Waals surface area contributed by atoms with E-state index in [4.69, 9.17) is 16.3 Å². The Labute approximate surface area is 683 Å². The standard InChI is InChI=1S/C84H110ClF3N12O10S4/c1-59(61-20-22-63(23-21-61)77-60(2)89-58-112-77)90-80(104)73-17-14-37-100(73)81(105)78(82(3,4)5)92-75(101)18-12-9-13-19-76(102)99-47-41-96(42-48-99)40-39-94(7)57-83(6)36-34-71(62-24-28-66(85)29-25-62)65(54-83)55-97-43-45-98(46-44-97)68-30-26-64(27-31-68)79(103)93-114(108,109)70-32-33-72(74(53-70)113(106,107)84(86,87)88)91-67(35-38-95-49-51-110-52-50-95)56-111-69-15-10-8-11-16-69/h8,10-11,15-16,20-33,53,58-59,67,73,78,91H,9,12-14,17-19,34-52,54-57H2,1-7H3,(H,90,104)(H,92,101)(H,93,103)/t59-,67+,73-,78+,83?/m0/s1. The van der Waals surface area contributed by atoms with Crippen LogP contribution in [0, 0.1) is 17.8 Å². The second-order valence-corrected chi connectivity index (χ2v) is 38.3. The van der Waals surface area contributed by atoms with Gasteiger partial charge in [-0.1, -0.05) is 106 Å². The number of ether oxygens (including phenoxy) is 1. The van der Waals surface area contributed by atoms with E-state index in [0.29, 0.717) is 127 Å². The number of nitrogens with zero attached hydrogens (tertiary/aromatic N) is 8. The number of carbonyl (C=O) groups excluding carboxylic acids is 5. The summed E-state index contributed by atoms with van der Waals surface area (Å²) in [5.41, 5.74) is 2.73. The molecule has 4 fully saturated rings. The number of unbranched alkanes of at least 4 members (excludes halogenated alkanes) is 2. The van der Waals surface area contributed by atoms with Gasteiger partial charge in [-0.25, -0.2) is 26.5 Å². The first-order valence-corrected chi connectivity index (χ1v) is 44.9. The first-order valence-electron chi connectivity index (χ1n) is 39.7. The van der Waals surface area contributed by atoms with Crippen LogP contribution in [0.15, 0.2) is 147 Å². The fourth-order valence-corrected chi connectivity index (χ4v) is 19.9. The van der Waals surface area contributed by atoms with Crippen LogP contribution in [0.4, 0.5) is 24.5 Å².